The molecule has 0 aromatic carbocycles. The molecular weight excluding hydrogens is 350 g/mol. The molecule has 4 rings (SSSR count). The Labute approximate surface area is 164 Å². The fourth-order valence-electron chi connectivity index (χ4n) is 3.68. The maximum Gasteiger partial charge on any atom is 0.177 e. The van der Waals surface area contributed by atoms with Crippen LogP contribution in [0.2, 0.25) is 0 Å². The van der Waals surface area contributed by atoms with Crippen molar-refractivity contribution in [3.63, 3.8) is 0 Å². The average molecular weight is 377 g/mol. The smallest absolute Gasteiger partial charge is 0.177 e. The zero-order chi connectivity index (χ0) is 19.8. The summed E-state index contributed by atoms with van der Waals surface area (Å²) in [6.45, 7) is 10.8. The van der Waals surface area contributed by atoms with E-state index in [-0.39, 0.29) is 11.8 Å². The minimum absolute atomic E-state index is 0.269. The van der Waals surface area contributed by atoms with Crippen LogP contribution in [0.4, 0.5) is 0 Å². The van der Waals surface area contributed by atoms with Crippen molar-refractivity contribution in [2.24, 2.45) is 0 Å². The standard InChI is InChI=1S/C21H27N7/c1-13(2)18-17-7-6-10-27(17)26-20(25-18)15(4)9-8-14(3)19-21-22-12-23-28(21)11-16(5)24-19/h6-7,10-15H,8-9H2,1-5H3. The SMILES string of the molecule is Cc1cn2ncnc2c(C(C)CCC(C)c2nc(C(C)C)c3cccn3n2)n1. The van der Waals surface area contributed by atoms with Gasteiger partial charge in [-0.3, -0.25) is 4.98 Å². The minimum Gasteiger partial charge on any atom is -0.252 e. The molecule has 0 aliphatic rings. The molecule has 0 bridgehead atoms. The molecule has 0 aliphatic carbocycles. The lowest BCUT2D eigenvalue weighted by Crippen LogP contribution is -2.11. The van der Waals surface area contributed by atoms with E-state index in [1.165, 1.54) is 0 Å². The molecule has 2 atom stereocenters. The lowest BCUT2D eigenvalue weighted by Gasteiger charge is -2.17. The number of fused-ring (bicyclic) bond motifs is 2. The molecule has 0 spiro atoms. The molecule has 0 saturated carbocycles. The van der Waals surface area contributed by atoms with Gasteiger partial charge < -0.3 is 0 Å². The molecule has 28 heavy (non-hydrogen) atoms. The van der Waals surface area contributed by atoms with Crippen LogP contribution in [-0.4, -0.2) is 34.2 Å². The number of nitrogens with zero attached hydrogens (tertiary/aromatic N) is 7. The Morgan fingerprint density at radius 3 is 2.54 bits per heavy atom. The number of hydrogen-bond acceptors (Lipinski definition) is 5. The summed E-state index contributed by atoms with van der Waals surface area (Å²) in [5.74, 6) is 1.83. The van der Waals surface area contributed by atoms with Crippen molar-refractivity contribution in [1.82, 2.24) is 34.2 Å². The topological polar surface area (TPSA) is 73.3 Å². The van der Waals surface area contributed by atoms with Crippen LogP contribution in [0.1, 0.15) is 81.2 Å². The summed E-state index contributed by atoms with van der Waals surface area (Å²) in [6, 6.07) is 4.11. The summed E-state index contributed by atoms with van der Waals surface area (Å²) in [4.78, 5) is 14.0. The first-order valence-corrected chi connectivity index (χ1v) is 9.96. The van der Waals surface area contributed by atoms with Crippen LogP contribution in [0.15, 0.2) is 30.9 Å². The zero-order valence-electron chi connectivity index (χ0n) is 17.2. The molecule has 2 unspecified atom stereocenters. The van der Waals surface area contributed by atoms with Crippen LogP contribution >= 0.6 is 0 Å². The minimum atomic E-state index is 0.269. The summed E-state index contributed by atoms with van der Waals surface area (Å²) in [5.41, 5.74) is 5.01. The molecule has 4 aromatic rings. The molecule has 0 aliphatic heterocycles. The van der Waals surface area contributed by atoms with Gasteiger partial charge in [0.25, 0.3) is 0 Å². The lowest BCUT2D eigenvalue weighted by molar-refractivity contribution is 0.536. The Morgan fingerprint density at radius 1 is 0.964 bits per heavy atom. The van der Waals surface area contributed by atoms with Crippen molar-refractivity contribution in [3.05, 3.63) is 53.8 Å². The second-order valence-corrected chi connectivity index (χ2v) is 8.02. The van der Waals surface area contributed by atoms with E-state index in [1.807, 2.05) is 34.4 Å². The second kappa shape index (κ2) is 7.30. The summed E-state index contributed by atoms with van der Waals surface area (Å²) in [7, 11) is 0. The highest BCUT2D eigenvalue weighted by Crippen LogP contribution is 2.28. The highest BCUT2D eigenvalue weighted by molar-refractivity contribution is 5.52. The normalized spacial score (nSPS) is 14.2. The van der Waals surface area contributed by atoms with Gasteiger partial charge in [0.2, 0.25) is 0 Å². The van der Waals surface area contributed by atoms with E-state index in [9.17, 15) is 0 Å². The van der Waals surface area contributed by atoms with E-state index >= 15 is 0 Å². The summed E-state index contributed by atoms with van der Waals surface area (Å²) in [6.07, 6.45) is 7.48. The van der Waals surface area contributed by atoms with Gasteiger partial charge in [-0.05, 0) is 37.8 Å². The van der Waals surface area contributed by atoms with Gasteiger partial charge in [-0.15, -0.1) is 0 Å². The maximum absolute atomic E-state index is 4.90. The molecule has 0 fully saturated rings. The first-order valence-electron chi connectivity index (χ1n) is 9.96. The van der Waals surface area contributed by atoms with Crippen molar-refractivity contribution >= 4 is 11.2 Å². The largest absolute Gasteiger partial charge is 0.252 e. The summed E-state index contributed by atoms with van der Waals surface area (Å²) in [5, 5.41) is 9.01. The van der Waals surface area contributed by atoms with Gasteiger partial charge in [0, 0.05) is 18.0 Å². The highest BCUT2D eigenvalue weighted by atomic mass is 15.3. The van der Waals surface area contributed by atoms with Crippen LogP contribution in [0.5, 0.6) is 0 Å². The Hall–Kier alpha value is -2.83. The van der Waals surface area contributed by atoms with E-state index < -0.39 is 0 Å². The van der Waals surface area contributed by atoms with Crippen LogP contribution < -0.4 is 0 Å². The maximum atomic E-state index is 4.90. The van der Waals surface area contributed by atoms with Crippen LogP contribution in [0.25, 0.3) is 11.2 Å². The molecule has 7 nitrogen and oxygen atoms in total. The van der Waals surface area contributed by atoms with Gasteiger partial charge >= 0.3 is 0 Å². The third-order valence-electron chi connectivity index (χ3n) is 5.33. The zero-order valence-corrected chi connectivity index (χ0v) is 17.2. The van der Waals surface area contributed by atoms with Crippen LogP contribution in [0.3, 0.4) is 0 Å². The monoisotopic (exact) mass is 377 g/mol. The predicted octanol–water partition coefficient (Wildman–Crippen LogP) is 4.29. The molecule has 0 N–H and O–H groups in total. The molecular formula is C21H27N7. The predicted molar refractivity (Wildman–Crippen MR) is 109 cm³/mol. The van der Waals surface area contributed by atoms with E-state index in [0.29, 0.717) is 5.92 Å². The third-order valence-corrected chi connectivity index (χ3v) is 5.33. The number of rotatable bonds is 6. The van der Waals surface area contributed by atoms with Gasteiger partial charge in [0.1, 0.15) is 6.33 Å². The Morgan fingerprint density at radius 2 is 1.75 bits per heavy atom. The van der Waals surface area contributed by atoms with Crippen molar-refractivity contribution in [2.75, 3.05) is 0 Å². The molecule has 146 valence electrons. The van der Waals surface area contributed by atoms with E-state index in [4.69, 9.17) is 15.1 Å². The fourth-order valence-corrected chi connectivity index (χ4v) is 3.68. The van der Waals surface area contributed by atoms with Gasteiger partial charge in [-0.25, -0.2) is 19.0 Å². The Kier molecular flexibility index (Phi) is 4.83. The van der Waals surface area contributed by atoms with E-state index in [2.05, 4.69) is 43.8 Å². The van der Waals surface area contributed by atoms with Gasteiger partial charge in [-0.1, -0.05) is 27.7 Å². The van der Waals surface area contributed by atoms with Gasteiger partial charge in [0.15, 0.2) is 11.5 Å². The average Bonchev–Trinajstić information content (AvgIpc) is 3.32. The number of aryl methyl sites for hydroxylation is 1. The Balaban J connectivity index is 1.55. The number of hydrogen-bond donors (Lipinski definition) is 0. The quantitative estimate of drug-likeness (QED) is 0.501. The number of aromatic nitrogens is 7. The lowest BCUT2D eigenvalue weighted by atomic mass is 9.95. The fraction of sp³-hybridized carbons (Fsp3) is 0.476. The Bertz CT molecular complexity index is 1110. The van der Waals surface area contributed by atoms with Crippen molar-refractivity contribution in [2.45, 2.75) is 65.2 Å². The molecule has 7 heteroatoms. The molecule has 0 radical (unpaired) electrons. The van der Waals surface area contributed by atoms with E-state index in [1.54, 1.807) is 6.33 Å². The van der Waals surface area contributed by atoms with Gasteiger partial charge in [0.05, 0.1) is 28.8 Å². The molecule has 0 saturated heterocycles. The molecule has 0 amide bonds. The van der Waals surface area contributed by atoms with Crippen molar-refractivity contribution in [1.29, 1.82) is 0 Å². The van der Waals surface area contributed by atoms with Crippen molar-refractivity contribution in [3.8, 4) is 0 Å². The first-order chi connectivity index (χ1) is 13.4. The third kappa shape index (κ3) is 3.37. The second-order valence-electron chi connectivity index (χ2n) is 8.02. The highest BCUT2D eigenvalue weighted by Gasteiger charge is 2.19. The molecule has 4 heterocycles. The van der Waals surface area contributed by atoms with Crippen LogP contribution in [-0.2, 0) is 0 Å². The summed E-state index contributed by atoms with van der Waals surface area (Å²) >= 11 is 0. The molecule has 4 aromatic heterocycles. The van der Waals surface area contributed by atoms with Gasteiger partial charge in [-0.2, -0.15) is 10.2 Å². The summed E-state index contributed by atoms with van der Waals surface area (Å²) < 4.78 is 3.77. The first kappa shape index (κ1) is 18.5. The van der Waals surface area contributed by atoms with Crippen LogP contribution in [0, 0.1) is 6.92 Å². The van der Waals surface area contributed by atoms with Crippen molar-refractivity contribution < 1.29 is 0 Å². The van der Waals surface area contributed by atoms with E-state index in [0.717, 1.165) is 46.9 Å².